The van der Waals surface area contributed by atoms with Gasteiger partial charge in [0.25, 0.3) is 5.91 Å². The normalized spacial score (nSPS) is 11.3. The molecule has 8 nitrogen and oxygen atoms in total. The molecule has 0 spiro atoms. The molecule has 0 radical (unpaired) electrons. The van der Waals surface area contributed by atoms with Gasteiger partial charge >= 0.3 is 5.97 Å². The Kier molecular flexibility index (Phi) is 7.72. The summed E-state index contributed by atoms with van der Waals surface area (Å²) in [6, 6.07) is 20.6. The molecule has 0 aliphatic carbocycles. The van der Waals surface area contributed by atoms with Crippen molar-refractivity contribution >= 4 is 39.7 Å². The fraction of sp³-hybridized carbons (Fsp3) is 0.0455. The quantitative estimate of drug-likeness (QED) is 0.227. The summed E-state index contributed by atoms with van der Waals surface area (Å²) in [6.45, 7) is -0.467. The topological polar surface area (TPSA) is 114 Å². The predicted octanol–water partition coefficient (Wildman–Crippen LogP) is 2.99. The van der Waals surface area contributed by atoms with E-state index in [0.29, 0.717) is 16.3 Å². The highest BCUT2D eigenvalue weighted by Crippen LogP contribution is 2.18. The number of nitrogens with one attached hydrogen (secondary N) is 2. The zero-order valence-electron chi connectivity index (χ0n) is 16.6. The minimum atomic E-state index is -3.78. The Morgan fingerprint density at radius 3 is 2.28 bits per heavy atom. The first kappa shape index (κ1) is 23.1. The second-order valence-electron chi connectivity index (χ2n) is 6.37. The summed E-state index contributed by atoms with van der Waals surface area (Å²) in [5, 5.41) is 4.07. The highest BCUT2D eigenvalue weighted by atomic mass is 35.5. The van der Waals surface area contributed by atoms with Gasteiger partial charge in [-0.1, -0.05) is 41.9 Å². The third kappa shape index (κ3) is 6.48. The largest absolute Gasteiger partial charge is 0.423 e. The van der Waals surface area contributed by atoms with Crippen LogP contribution in [0.2, 0.25) is 5.02 Å². The molecule has 3 rings (SSSR count). The minimum absolute atomic E-state index is 0.0617. The fourth-order valence-electron chi connectivity index (χ4n) is 2.47. The van der Waals surface area contributed by atoms with Crippen LogP contribution in [0.15, 0.2) is 88.9 Å². The van der Waals surface area contributed by atoms with Crippen LogP contribution in [0.4, 0.5) is 0 Å². The summed E-state index contributed by atoms with van der Waals surface area (Å²) in [5.41, 5.74) is 3.11. The van der Waals surface area contributed by atoms with Gasteiger partial charge in [-0.15, -0.1) is 0 Å². The van der Waals surface area contributed by atoms with E-state index in [1.807, 2.05) is 0 Å². The molecule has 3 aromatic rings. The van der Waals surface area contributed by atoms with Crippen LogP contribution in [-0.2, 0) is 14.8 Å². The number of carbonyl (C=O) groups is 2. The van der Waals surface area contributed by atoms with Crippen LogP contribution in [0.25, 0.3) is 0 Å². The van der Waals surface area contributed by atoms with E-state index in [1.165, 1.54) is 18.3 Å². The maximum Gasteiger partial charge on any atom is 0.345 e. The smallest absolute Gasteiger partial charge is 0.345 e. The molecule has 32 heavy (non-hydrogen) atoms. The first-order valence-corrected chi connectivity index (χ1v) is 11.1. The first-order chi connectivity index (χ1) is 15.3. The molecular weight excluding hydrogens is 454 g/mol. The highest BCUT2D eigenvalue weighted by Gasteiger charge is 2.14. The number of rotatable bonds is 8. The van der Waals surface area contributed by atoms with Gasteiger partial charge < -0.3 is 4.74 Å². The molecule has 1 amide bonds. The molecule has 3 aromatic carbocycles. The van der Waals surface area contributed by atoms with Gasteiger partial charge in [-0.3, -0.25) is 4.79 Å². The average molecular weight is 472 g/mol. The van der Waals surface area contributed by atoms with E-state index in [0.717, 1.165) is 0 Å². The number of hydrogen-bond acceptors (Lipinski definition) is 6. The number of halogens is 1. The number of nitrogens with zero attached hydrogens (tertiary/aromatic N) is 1. The lowest BCUT2D eigenvalue weighted by Crippen LogP contribution is -2.34. The molecule has 10 heteroatoms. The summed E-state index contributed by atoms with van der Waals surface area (Å²) in [6.07, 6.45) is 1.36. The fourth-order valence-corrected chi connectivity index (χ4v) is 3.69. The number of benzene rings is 3. The van der Waals surface area contributed by atoms with Crippen LogP contribution in [0.3, 0.4) is 0 Å². The number of ether oxygens (including phenoxy) is 1. The molecule has 0 fully saturated rings. The molecule has 2 N–H and O–H groups in total. The maximum atomic E-state index is 12.2. The van der Waals surface area contributed by atoms with Gasteiger partial charge in [0.05, 0.1) is 28.2 Å². The van der Waals surface area contributed by atoms with E-state index in [-0.39, 0.29) is 10.5 Å². The molecule has 0 heterocycles. The van der Waals surface area contributed by atoms with Crippen molar-refractivity contribution in [2.24, 2.45) is 5.10 Å². The van der Waals surface area contributed by atoms with Gasteiger partial charge in [-0.25, -0.2) is 23.4 Å². The van der Waals surface area contributed by atoms with E-state index >= 15 is 0 Å². The summed E-state index contributed by atoms with van der Waals surface area (Å²) in [4.78, 5) is 24.1. The zero-order valence-corrected chi connectivity index (χ0v) is 18.1. The first-order valence-electron chi connectivity index (χ1n) is 9.28. The number of esters is 1. The van der Waals surface area contributed by atoms with Crippen molar-refractivity contribution < 1.29 is 22.7 Å². The Morgan fingerprint density at radius 2 is 1.59 bits per heavy atom. The SMILES string of the molecule is O=C(CNS(=O)(=O)c1ccccc1)N/N=C\c1ccc(OC(=O)c2ccccc2Cl)cc1. The van der Waals surface area contributed by atoms with Crippen LogP contribution in [0.5, 0.6) is 5.75 Å². The van der Waals surface area contributed by atoms with E-state index < -0.39 is 28.4 Å². The Balaban J connectivity index is 1.49. The molecular formula is C22H18ClN3O5S. The molecule has 0 bridgehead atoms. The van der Waals surface area contributed by atoms with Crippen molar-refractivity contribution in [1.82, 2.24) is 10.1 Å². The van der Waals surface area contributed by atoms with Crippen LogP contribution < -0.4 is 14.9 Å². The predicted molar refractivity (Wildman–Crippen MR) is 120 cm³/mol. The third-order valence-corrected chi connectivity index (χ3v) is 5.81. The van der Waals surface area contributed by atoms with Gasteiger partial charge in [-0.2, -0.15) is 5.10 Å². The van der Waals surface area contributed by atoms with Crippen molar-refractivity contribution in [3.05, 3.63) is 95.0 Å². The molecule has 164 valence electrons. The van der Waals surface area contributed by atoms with Gasteiger partial charge in [-0.05, 0) is 54.1 Å². The molecule has 0 atom stereocenters. The van der Waals surface area contributed by atoms with E-state index in [2.05, 4.69) is 15.2 Å². The lowest BCUT2D eigenvalue weighted by molar-refractivity contribution is -0.119. The molecule has 0 saturated heterocycles. The maximum absolute atomic E-state index is 12.2. The van der Waals surface area contributed by atoms with E-state index in [4.69, 9.17) is 16.3 Å². The number of hydrazone groups is 1. The average Bonchev–Trinajstić information content (AvgIpc) is 2.80. The summed E-state index contributed by atoms with van der Waals surface area (Å²) < 4.78 is 31.6. The van der Waals surface area contributed by atoms with Crippen molar-refractivity contribution in [2.45, 2.75) is 4.90 Å². The van der Waals surface area contributed by atoms with Crippen LogP contribution in [0, 0.1) is 0 Å². The zero-order chi connectivity index (χ0) is 23.0. The van der Waals surface area contributed by atoms with Gasteiger partial charge in [0.15, 0.2) is 0 Å². The lowest BCUT2D eigenvalue weighted by atomic mass is 10.2. The number of sulfonamides is 1. The van der Waals surface area contributed by atoms with Gasteiger partial charge in [0.2, 0.25) is 10.0 Å². The molecule has 0 aliphatic rings. The summed E-state index contributed by atoms with van der Waals surface area (Å²) in [5.74, 6) is -0.903. The summed E-state index contributed by atoms with van der Waals surface area (Å²) in [7, 11) is -3.78. The van der Waals surface area contributed by atoms with Crippen molar-refractivity contribution in [1.29, 1.82) is 0 Å². The summed E-state index contributed by atoms with van der Waals surface area (Å²) >= 11 is 5.98. The molecule has 0 aliphatic heterocycles. The Morgan fingerprint density at radius 1 is 0.938 bits per heavy atom. The van der Waals surface area contributed by atoms with E-state index in [9.17, 15) is 18.0 Å². The van der Waals surface area contributed by atoms with Crippen LogP contribution in [-0.4, -0.2) is 33.1 Å². The van der Waals surface area contributed by atoms with E-state index in [1.54, 1.807) is 66.7 Å². The number of carbonyl (C=O) groups excluding carboxylic acids is 2. The highest BCUT2D eigenvalue weighted by molar-refractivity contribution is 7.89. The lowest BCUT2D eigenvalue weighted by Gasteiger charge is -2.06. The second kappa shape index (κ2) is 10.7. The standard InChI is InChI=1S/C22H18ClN3O5S/c23-20-9-5-4-8-19(20)22(28)31-17-12-10-16(11-13-17)14-24-26-21(27)15-25-32(29,30)18-6-2-1-3-7-18/h1-14,25H,15H2,(H,26,27)/b24-14-. The Labute approximate surface area is 189 Å². The molecule has 0 unspecified atom stereocenters. The molecule has 0 aromatic heterocycles. The van der Waals surface area contributed by atoms with Crippen molar-refractivity contribution in [3.8, 4) is 5.75 Å². The monoisotopic (exact) mass is 471 g/mol. The van der Waals surface area contributed by atoms with Crippen molar-refractivity contribution in [3.63, 3.8) is 0 Å². The van der Waals surface area contributed by atoms with Gasteiger partial charge in [0, 0.05) is 0 Å². The van der Waals surface area contributed by atoms with Gasteiger partial charge in [0.1, 0.15) is 5.75 Å². The second-order valence-corrected chi connectivity index (χ2v) is 8.54. The van der Waals surface area contributed by atoms with Crippen molar-refractivity contribution in [2.75, 3.05) is 6.54 Å². The van der Waals surface area contributed by atoms with Crippen LogP contribution >= 0.6 is 11.6 Å². The minimum Gasteiger partial charge on any atom is -0.423 e. The number of amides is 1. The molecule has 0 saturated carbocycles. The van der Waals surface area contributed by atoms with Crippen LogP contribution in [0.1, 0.15) is 15.9 Å². The Bertz CT molecular complexity index is 1230. The Hall–Kier alpha value is -3.53. The number of hydrogen-bond donors (Lipinski definition) is 2. The third-order valence-electron chi connectivity index (χ3n) is 4.06.